The van der Waals surface area contributed by atoms with Gasteiger partial charge in [0.2, 0.25) is 0 Å². The number of hydrogen-bond acceptors (Lipinski definition) is 3. The zero-order valence-corrected chi connectivity index (χ0v) is 18.2. The van der Waals surface area contributed by atoms with Crippen molar-refractivity contribution < 1.29 is 4.74 Å². The lowest BCUT2D eigenvalue weighted by atomic mass is 10.0. The third-order valence-corrected chi connectivity index (χ3v) is 5.93. The van der Waals surface area contributed by atoms with Crippen LogP contribution in [0.2, 0.25) is 0 Å². The number of anilines is 2. The van der Waals surface area contributed by atoms with Crippen molar-refractivity contribution in [3.05, 3.63) is 78.9 Å². The van der Waals surface area contributed by atoms with E-state index in [1.54, 1.807) is 7.11 Å². The van der Waals surface area contributed by atoms with Gasteiger partial charge in [-0.25, -0.2) is 0 Å². The van der Waals surface area contributed by atoms with E-state index in [4.69, 9.17) is 17.0 Å². The highest BCUT2D eigenvalue weighted by Gasteiger charge is 2.25. The molecule has 4 nitrogen and oxygen atoms in total. The maximum Gasteiger partial charge on any atom is 0.173 e. The zero-order chi connectivity index (χ0) is 20.9. The lowest BCUT2D eigenvalue weighted by molar-refractivity contribution is 0.342. The standard InChI is InChI=1S/C25H27N3OS/c1-19-18-27(16-17-28(19)21-12-14-22(29-2)15-13-21)25(30)26-24-11-7-6-10-23(24)20-8-4-3-5-9-20/h3-15,19H,16-18H2,1-2H3,(H,26,30). The average Bonchev–Trinajstić information content (AvgIpc) is 2.80. The molecule has 1 aliphatic rings. The minimum atomic E-state index is 0.358. The Labute approximate surface area is 184 Å². The van der Waals surface area contributed by atoms with Crippen LogP contribution in [-0.4, -0.2) is 42.8 Å². The van der Waals surface area contributed by atoms with Crippen LogP contribution in [0.25, 0.3) is 11.1 Å². The molecule has 0 bridgehead atoms. The van der Waals surface area contributed by atoms with E-state index in [0.717, 1.165) is 41.7 Å². The first-order valence-corrected chi connectivity index (χ1v) is 10.7. The highest BCUT2D eigenvalue weighted by Crippen LogP contribution is 2.28. The molecule has 0 radical (unpaired) electrons. The van der Waals surface area contributed by atoms with Crippen LogP contribution in [0.1, 0.15) is 6.92 Å². The molecule has 4 rings (SSSR count). The summed E-state index contributed by atoms with van der Waals surface area (Å²) in [7, 11) is 1.69. The van der Waals surface area contributed by atoms with Crippen molar-refractivity contribution in [1.82, 2.24) is 4.90 Å². The summed E-state index contributed by atoms with van der Waals surface area (Å²) in [5, 5.41) is 4.27. The van der Waals surface area contributed by atoms with Crippen LogP contribution in [0.15, 0.2) is 78.9 Å². The summed E-state index contributed by atoms with van der Waals surface area (Å²) in [6.07, 6.45) is 0. The van der Waals surface area contributed by atoms with Crippen molar-refractivity contribution in [3.63, 3.8) is 0 Å². The largest absolute Gasteiger partial charge is 0.497 e. The molecule has 5 heteroatoms. The first-order chi connectivity index (χ1) is 14.7. The summed E-state index contributed by atoms with van der Waals surface area (Å²) < 4.78 is 5.28. The van der Waals surface area contributed by atoms with Crippen LogP contribution in [0.4, 0.5) is 11.4 Å². The number of nitrogens with one attached hydrogen (secondary N) is 1. The van der Waals surface area contributed by atoms with Crippen LogP contribution < -0.4 is 15.0 Å². The Kier molecular flexibility index (Phi) is 6.19. The van der Waals surface area contributed by atoms with Crippen molar-refractivity contribution in [2.75, 3.05) is 37.0 Å². The maximum absolute atomic E-state index is 5.79. The van der Waals surface area contributed by atoms with E-state index in [1.165, 1.54) is 11.3 Å². The second-order valence-electron chi connectivity index (χ2n) is 7.53. The van der Waals surface area contributed by atoms with Gasteiger partial charge >= 0.3 is 0 Å². The second-order valence-corrected chi connectivity index (χ2v) is 7.91. The van der Waals surface area contributed by atoms with Crippen molar-refractivity contribution in [2.24, 2.45) is 0 Å². The number of nitrogens with zero attached hydrogens (tertiary/aromatic N) is 2. The molecule has 30 heavy (non-hydrogen) atoms. The Morgan fingerprint density at radius 1 is 0.933 bits per heavy atom. The predicted molar refractivity (Wildman–Crippen MR) is 129 cm³/mol. The molecule has 1 N–H and O–H groups in total. The molecule has 1 saturated heterocycles. The molecule has 0 aliphatic carbocycles. The molecule has 0 spiro atoms. The Balaban J connectivity index is 1.43. The molecule has 1 heterocycles. The van der Waals surface area contributed by atoms with Gasteiger partial charge in [-0.15, -0.1) is 0 Å². The molecule has 3 aromatic rings. The molecule has 154 valence electrons. The quantitative estimate of drug-likeness (QED) is 0.584. The van der Waals surface area contributed by atoms with Gasteiger partial charge in [-0.1, -0.05) is 48.5 Å². The summed E-state index contributed by atoms with van der Waals surface area (Å²) in [4.78, 5) is 4.69. The first-order valence-electron chi connectivity index (χ1n) is 10.3. The SMILES string of the molecule is COc1ccc(N2CCN(C(=S)Nc3ccccc3-c3ccccc3)CC2C)cc1. The summed E-state index contributed by atoms with van der Waals surface area (Å²) in [6.45, 7) is 4.94. The van der Waals surface area contributed by atoms with Crippen molar-refractivity contribution in [3.8, 4) is 16.9 Å². The molecule has 1 fully saturated rings. The summed E-state index contributed by atoms with van der Waals surface area (Å²) in [5.41, 5.74) is 4.60. The molecule has 0 amide bonds. The van der Waals surface area contributed by atoms with Crippen molar-refractivity contribution >= 4 is 28.7 Å². The second kappa shape index (κ2) is 9.18. The lowest BCUT2D eigenvalue weighted by Crippen LogP contribution is -2.54. The minimum Gasteiger partial charge on any atom is -0.497 e. The van der Waals surface area contributed by atoms with E-state index < -0.39 is 0 Å². The third kappa shape index (κ3) is 4.41. The Morgan fingerprint density at radius 3 is 2.33 bits per heavy atom. The summed E-state index contributed by atoms with van der Waals surface area (Å²) in [5.74, 6) is 0.882. The van der Waals surface area contributed by atoms with E-state index in [2.05, 4.69) is 76.6 Å². The Bertz CT molecular complexity index is 991. The number of piperazine rings is 1. The van der Waals surface area contributed by atoms with E-state index in [0.29, 0.717) is 6.04 Å². The normalized spacial score (nSPS) is 16.3. The number of para-hydroxylation sites is 1. The zero-order valence-electron chi connectivity index (χ0n) is 17.4. The third-order valence-electron chi connectivity index (χ3n) is 5.57. The van der Waals surface area contributed by atoms with Gasteiger partial charge < -0.3 is 19.9 Å². The molecular weight excluding hydrogens is 390 g/mol. The number of hydrogen-bond donors (Lipinski definition) is 1. The van der Waals surface area contributed by atoms with E-state index in [9.17, 15) is 0 Å². The highest BCUT2D eigenvalue weighted by molar-refractivity contribution is 7.80. The number of thiocarbonyl (C=S) groups is 1. The van der Waals surface area contributed by atoms with Gasteiger partial charge in [-0.3, -0.25) is 0 Å². The number of ether oxygens (including phenoxy) is 1. The Hall–Kier alpha value is -3.05. The van der Waals surface area contributed by atoms with Gasteiger partial charge in [-0.2, -0.15) is 0 Å². The summed E-state index contributed by atoms with van der Waals surface area (Å²) >= 11 is 5.79. The number of rotatable bonds is 4. The van der Waals surface area contributed by atoms with Crippen LogP contribution in [0.3, 0.4) is 0 Å². The van der Waals surface area contributed by atoms with Gasteiger partial charge in [0.05, 0.1) is 7.11 Å². The monoisotopic (exact) mass is 417 g/mol. The fourth-order valence-electron chi connectivity index (χ4n) is 3.96. The van der Waals surface area contributed by atoms with Gasteiger partial charge in [-0.05, 0) is 55.0 Å². The van der Waals surface area contributed by atoms with Gasteiger partial charge in [0.25, 0.3) is 0 Å². The van der Waals surface area contributed by atoms with Crippen molar-refractivity contribution in [1.29, 1.82) is 0 Å². The van der Waals surface area contributed by atoms with E-state index in [1.807, 2.05) is 24.3 Å². The molecule has 1 unspecified atom stereocenters. The maximum atomic E-state index is 5.79. The van der Waals surface area contributed by atoms with E-state index in [-0.39, 0.29) is 0 Å². The van der Waals surface area contributed by atoms with Gasteiger partial charge in [0.1, 0.15) is 5.75 Å². The lowest BCUT2D eigenvalue weighted by Gasteiger charge is -2.42. The Morgan fingerprint density at radius 2 is 1.63 bits per heavy atom. The molecule has 3 aromatic carbocycles. The van der Waals surface area contributed by atoms with E-state index >= 15 is 0 Å². The first kappa shape index (κ1) is 20.2. The molecule has 0 saturated carbocycles. The number of benzene rings is 3. The van der Waals surface area contributed by atoms with Gasteiger partial charge in [0, 0.05) is 42.6 Å². The van der Waals surface area contributed by atoms with Crippen LogP contribution in [0.5, 0.6) is 5.75 Å². The minimum absolute atomic E-state index is 0.358. The fourth-order valence-corrected chi connectivity index (χ4v) is 4.23. The molecule has 1 aliphatic heterocycles. The fraction of sp³-hybridized carbons (Fsp3) is 0.240. The summed E-state index contributed by atoms with van der Waals surface area (Å²) in [6, 6.07) is 27.4. The van der Waals surface area contributed by atoms with Crippen molar-refractivity contribution in [2.45, 2.75) is 13.0 Å². The topological polar surface area (TPSA) is 27.7 Å². The number of methoxy groups -OCH3 is 1. The molecule has 0 aromatic heterocycles. The van der Waals surface area contributed by atoms with Crippen LogP contribution >= 0.6 is 12.2 Å². The predicted octanol–water partition coefficient (Wildman–Crippen LogP) is 5.27. The molecule has 1 atom stereocenters. The van der Waals surface area contributed by atoms with Crippen LogP contribution in [0, 0.1) is 0 Å². The van der Waals surface area contributed by atoms with Gasteiger partial charge in [0.15, 0.2) is 5.11 Å². The van der Waals surface area contributed by atoms with Crippen LogP contribution in [-0.2, 0) is 0 Å². The average molecular weight is 418 g/mol. The highest BCUT2D eigenvalue weighted by atomic mass is 32.1. The molecular formula is C25H27N3OS. The smallest absolute Gasteiger partial charge is 0.173 e.